The fourth-order valence-electron chi connectivity index (χ4n) is 5.49. The van der Waals surface area contributed by atoms with Crippen molar-refractivity contribution in [3.05, 3.63) is 105 Å². The van der Waals surface area contributed by atoms with Crippen molar-refractivity contribution in [2.45, 2.75) is 62.0 Å². The van der Waals surface area contributed by atoms with Gasteiger partial charge in [0.25, 0.3) is 5.91 Å². The zero-order chi connectivity index (χ0) is 36.1. The van der Waals surface area contributed by atoms with E-state index in [1.807, 2.05) is 72.8 Å². The van der Waals surface area contributed by atoms with Crippen LogP contribution in [0.3, 0.4) is 0 Å². The van der Waals surface area contributed by atoms with Crippen LogP contribution in [0.25, 0.3) is 0 Å². The molecule has 2 aromatic heterocycles. The number of rotatable bonds is 12. The molecule has 3 amide bonds. The molecule has 13 nitrogen and oxygen atoms in total. The van der Waals surface area contributed by atoms with E-state index in [1.54, 1.807) is 27.8 Å². The lowest BCUT2D eigenvalue weighted by Gasteiger charge is -2.49. The molecule has 0 bridgehead atoms. The second kappa shape index (κ2) is 15.7. The Kier molecular flexibility index (Phi) is 11.1. The summed E-state index contributed by atoms with van der Waals surface area (Å²) in [4.78, 5) is 56.3. The number of nitrogens with zero attached hydrogens (tertiary/aromatic N) is 5. The van der Waals surface area contributed by atoms with Gasteiger partial charge in [0.15, 0.2) is 6.10 Å². The van der Waals surface area contributed by atoms with Gasteiger partial charge in [-0.05, 0) is 60.0 Å². The zero-order valence-corrected chi connectivity index (χ0v) is 30.8. The predicted octanol–water partition coefficient (Wildman–Crippen LogP) is 4.62. The van der Waals surface area contributed by atoms with Crippen molar-refractivity contribution < 1.29 is 28.7 Å². The Hall–Kier alpha value is -4.67. The monoisotopic (exact) mass is 747 g/mol. The van der Waals surface area contributed by atoms with Gasteiger partial charge in [0.2, 0.25) is 11.1 Å². The van der Waals surface area contributed by atoms with E-state index in [-0.39, 0.29) is 30.5 Å². The molecule has 4 heterocycles. The van der Waals surface area contributed by atoms with Crippen LogP contribution in [0.5, 0.6) is 0 Å². The lowest BCUT2D eigenvalue weighted by molar-refractivity contribution is -0.154. The summed E-state index contributed by atoms with van der Waals surface area (Å²) in [6.45, 7) is 5.64. The van der Waals surface area contributed by atoms with Gasteiger partial charge in [-0.25, -0.2) is 14.3 Å². The van der Waals surface area contributed by atoms with Gasteiger partial charge < -0.3 is 20.1 Å². The average molecular weight is 748 g/mol. The number of fused-ring (bicyclic) bond motifs is 1. The Morgan fingerprint density at radius 1 is 1.00 bits per heavy atom. The number of β-lactam (4-membered cyclic amide) rings is 1. The summed E-state index contributed by atoms with van der Waals surface area (Å²) < 4.78 is 13.1. The van der Waals surface area contributed by atoms with Gasteiger partial charge in [0.1, 0.15) is 22.7 Å². The number of amides is 3. The summed E-state index contributed by atoms with van der Waals surface area (Å²) in [5.41, 5.74) is 1.86. The molecule has 6 rings (SSSR count). The van der Waals surface area contributed by atoms with Crippen LogP contribution >= 0.6 is 34.9 Å². The number of benzene rings is 2. The Bertz CT molecular complexity index is 1890. The second-order valence-corrected chi connectivity index (χ2v) is 16.1. The fraction of sp³-hybridized carbons (Fsp3) is 0.343. The second-order valence-electron chi connectivity index (χ2n) is 12.8. The van der Waals surface area contributed by atoms with E-state index in [0.29, 0.717) is 22.2 Å². The molecule has 2 atom stereocenters. The number of nitrogens with one attached hydrogen (secondary N) is 2. The lowest BCUT2D eigenvalue weighted by Crippen LogP contribution is -2.70. The molecule has 2 aliphatic heterocycles. The van der Waals surface area contributed by atoms with E-state index in [1.165, 1.54) is 44.4 Å². The van der Waals surface area contributed by atoms with E-state index < -0.39 is 35.2 Å². The van der Waals surface area contributed by atoms with Gasteiger partial charge in [0, 0.05) is 28.3 Å². The Morgan fingerprint density at radius 2 is 1.67 bits per heavy atom. The van der Waals surface area contributed by atoms with Crippen molar-refractivity contribution in [1.29, 1.82) is 0 Å². The molecule has 0 unspecified atom stereocenters. The molecule has 0 radical (unpaired) electrons. The molecular weight excluding hydrogens is 711 g/mol. The quantitative estimate of drug-likeness (QED) is 0.118. The summed E-state index contributed by atoms with van der Waals surface area (Å²) in [6.07, 6.45) is -1.17. The highest BCUT2D eigenvalue weighted by molar-refractivity contribution is 8.01. The van der Waals surface area contributed by atoms with Crippen molar-refractivity contribution >= 4 is 58.7 Å². The number of carbonyl (C=O) groups excluding carboxylic acids is 4. The largest absolute Gasteiger partial charge is 0.448 e. The van der Waals surface area contributed by atoms with Crippen molar-refractivity contribution in [3.8, 4) is 0 Å². The molecule has 2 N–H and O–H groups in total. The lowest BCUT2D eigenvalue weighted by atomic mass is 10.0. The summed E-state index contributed by atoms with van der Waals surface area (Å²) >= 11 is 4.22. The van der Waals surface area contributed by atoms with Crippen LogP contribution in [0.2, 0.25) is 0 Å². The standard InChI is InChI=1S/C35H37N7O6S3/c1-35(2,3)48-34(46)36-18-25-16-15-24(51-25)17-26(43)37-27-30(44)42-28(23(19-49-31(27)42)20-50-33-38-39-40-41(33)4)32(45)47-29(21-11-7-5-8-12-21)22-13-9-6-10-14-22/h5-16,27,29,31H,17-20H2,1-4H3,(H,36,46)(H,37,43)/t27-,31+/m1/s1. The normalized spacial score (nSPS) is 17.1. The minimum absolute atomic E-state index is 0.0620. The van der Waals surface area contributed by atoms with Crippen molar-refractivity contribution in [1.82, 2.24) is 35.7 Å². The first kappa shape index (κ1) is 36.1. The highest BCUT2D eigenvalue weighted by atomic mass is 32.2. The molecule has 51 heavy (non-hydrogen) atoms. The first-order valence-electron chi connectivity index (χ1n) is 16.1. The summed E-state index contributed by atoms with van der Waals surface area (Å²) in [7, 11) is 1.73. The van der Waals surface area contributed by atoms with Crippen molar-refractivity contribution in [2.24, 2.45) is 7.05 Å². The third-order valence-corrected chi connectivity index (χ3v) is 11.3. The van der Waals surface area contributed by atoms with Crippen LogP contribution < -0.4 is 10.6 Å². The molecule has 266 valence electrons. The molecule has 0 saturated carbocycles. The molecule has 1 fully saturated rings. The summed E-state index contributed by atoms with van der Waals surface area (Å²) in [6, 6.07) is 21.7. The number of esters is 1. The number of thiophene rings is 1. The molecule has 0 aliphatic carbocycles. The van der Waals surface area contributed by atoms with E-state index in [9.17, 15) is 19.2 Å². The van der Waals surface area contributed by atoms with Crippen LogP contribution in [0.1, 0.15) is 47.8 Å². The Morgan fingerprint density at radius 3 is 2.29 bits per heavy atom. The van der Waals surface area contributed by atoms with Crippen molar-refractivity contribution in [3.63, 3.8) is 0 Å². The number of tetrazole rings is 1. The zero-order valence-electron chi connectivity index (χ0n) is 28.4. The van der Waals surface area contributed by atoms with Crippen LogP contribution in [-0.4, -0.2) is 77.5 Å². The minimum Gasteiger partial charge on any atom is -0.448 e. The highest BCUT2D eigenvalue weighted by Crippen LogP contribution is 2.42. The summed E-state index contributed by atoms with van der Waals surface area (Å²) in [5.74, 6) is -0.554. The van der Waals surface area contributed by atoms with Gasteiger partial charge in [-0.1, -0.05) is 72.4 Å². The summed E-state index contributed by atoms with van der Waals surface area (Å²) in [5, 5.41) is 17.3. The average Bonchev–Trinajstić information content (AvgIpc) is 3.74. The van der Waals surface area contributed by atoms with Gasteiger partial charge in [-0.3, -0.25) is 14.5 Å². The number of ether oxygens (including phenoxy) is 2. The number of aromatic nitrogens is 4. The first-order valence-corrected chi connectivity index (χ1v) is 19.0. The molecule has 1 saturated heterocycles. The topological polar surface area (TPSA) is 158 Å². The number of hydrogen-bond donors (Lipinski definition) is 2. The van der Waals surface area contributed by atoms with Crippen LogP contribution in [-0.2, 0) is 43.9 Å². The highest BCUT2D eigenvalue weighted by Gasteiger charge is 2.54. The van der Waals surface area contributed by atoms with Gasteiger partial charge in [0.05, 0.1) is 13.0 Å². The van der Waals surface area contributed by atoms with Crippen LogP contribution in [0.4, 0.5) is 4.79 Å². The third-order valence-electron chi connectivity index (χ3n) is 7.80. The minimum atomic E-state index is -0.810. The van der Waals surface area contributed by atoms with Crippen molar-refractivity contribution in [2.75, 3.05) is 11.5 Å². The smallest absolute Gasteiger partial charge is 0.407 e. The number of alkyl carbamates (subject to hydrolysis) is 1. The molecule has 16 heteroatoms. The molecule has 0 spiro atoms. The van der Waals surface area contributed by atoms with E-state index in [2.05, 4.69) is 26.2 Å². The number of carbonyl (C=O) groups is 4. The number of thioether (sulfide) groups is 2. The molecule has 2 aliphatic rings. The van der Waals surface area contributed by atoms with E-state index >= 15 is 0 Å². The maximum Gasteiger partial charge on any atom is 0.407 e. The van der Waals surface area contributed by atoms with Crippen LogP contribution in [0.15, 0.2) is 89.2 Å². The number of aryl methyl sites for hydroxylation is 1. The predicted molar refractivity (Wildman–Crippen MR) is 193 cm³/mol. The maximum atomic E-state index is 14.2. The molecular formula is C35H37N7O6S3. The van der Waals surface area contributed by atoms with E-state index in [0.717, 1.165) is 20.9 Å². The molecule has 2 aromatic carbocycles. The first-order chi connectivity index (χ1) is 24.5. The number of hydrogen-bond acceptors (Lipinski definition) is 12. The fourth-order valence-corrected chi connectivity index (χ4v) is 8.78. The van der Waals surface area contributed by atoms with Gasteiger partial charge >= 0.3 is 12.1 Å². The Balaban J connectivity index is 1.16. The Labute approximate surface area is 307 Å². The van der Waals surface area contributed by atoms with E-state index in [4.69, 9.17) is 9.47 Å². The SMILES string of the molecule is Cn1nnnc1SCC1=C(C(=O)OC(c2ccccc2)c2ccccc2)N2C(=O)[C@@H](NC(=O)Cc3ccc(CNC(=O)OC(C)(C)C)s3)[C@@H]2SC1. The molecule has 4 aromatic rings. The van der Waals surface area contributed by atoms with Crippen LogP contribution in [0, 0.1) is 0 Å². The van der Waals surface area contributed by atoms with Gasteiger partial charge in [-0.15, -0.1) is 28.2 Å². The maximum absolute atomic E-state index is 14.2. The third kappa shape index (κ3) is 8.80. The van der Waals surface area contributed by atoms with Gasteiger partial charge in [-0.2, -0.15) is 0 Å².